The van der Waals surface area contributed by atoms with Gasteiger partial charge >= 0.3 is 6.03 Å². The highest BCUT2D eigenvalue weighted by Gasteiger charge is 2.22. The molecule has 8 heteroatoms. The second-order valence-corrected chi connectivity index (χ2v) is 3.66. The van der Waals surface area contributed by atoms with E-state index < -0.39 is 12.0 Å². The molecule has 0 bridgehead atoms. The van der Waals surface area contributed by atoms with Gasteiger partial charge in [0.1, 0.15) is 0 Å². The molecule has 0 heterocycles. The lowest BCUT2D eigenvalue weighted by molar-refractivity contribution is 0.251. The van der Waals surface area contributed by atoms with Gasteiger partial charge in [-0.1, -0.05) is 29.3 Å². The number of para-hydroxylation sites is 1. The quantitative estimate of drug-likeness (QED) is 0.549. The maximum absolute atomic E-state index is 11.5. The van der Waals surface area contributed by atoms with Gasteiger partial charge in [0.05, 0.1) is 15.7 Å². The van der Waals surface area contributed by atoms with Crippen LogP contribution in [0.3, 0.4) is 0 Å². The fourth-order valence-electron chi connectivity index (χ4n) is 1.15. The number of hydrogen-bond acceptors (Lipinski definition) is 2. The first-order chi connectivity index (χ1) is 7.49. The largest absolute Gasteiger partial charge is 0.369 e. The molecule has 94 valence electrons. The molecule has 0 saturated heterocycles. The molecule has 0 radical (unpaired) electrons. The van der Waals surface area contributed by atoms with Crippen LogP contribution in [0.1, 0.15) is 0 Å². The Morgan fingerprint density at radius 1 is 1.41 bits per heavy atom. The van der Waals surface area contributed by atoms with Gasteiger partial charge in [-0.05, 0) is 12.1 Å². The van der Waals surface area contributed by atoms with Crippen molar-refractivity contribution in [3.05, 3.63) is 28.2 Å². The summed E-state index contributed by atoms with van der Waals surface area (Å²) < 4.78 is 0. The molecule has 0 aliphatic heterocycles. The molecule has 0 aromatic heterocycles. The Bertz CT molecular complexity index is 418. The summed E-state index contributed by atoms with van der Waals surface area (Å²) in [5, 5.41) is 10.2. The van der Waals surface area contributed by atoms with Crippen molar-refractivity contribution in [1.29, 1.82) is 5.41 Å². The first-order valence-corrected chi connectivity index (χ1v) is 5.04. The predicted octanol–water partition coefficient (Wildman–Crippen LogP) is 2.45. The van der Waals surface area contributed by atoms with E-state index in [2.05, 4.69) is 5.32 Å². The molecule has 0 spiro atoms. The minimum absolute atomic E-state index is 0. The van der Waals surface area contributed by atoms with E-state index in [0.29, 0.717) is 0 Å². The van der Waals surface area contributed by atoms with Crippen LogP contribution in [-0.2, 0) is 0 Å². The van der Waals surface area contributed by atoms with Gasteiger partial charge in [0, 0.05) is 7.05 Å². The highest BCUT2D eigenvalue weighted by Crippen LogP contribution is 2.33. The normalized spacial score (nSPS) is 9.12. The molecule has 0 fully saturated rings. The van der Waals surface area contributed by atoms with Crippen LogP contribution < -0.4 is 16.0 Å². The first-order valence-electron chi connectivity index (χ1n) is 4.29. The number of rotatable bonds is 1. The summed E-state index contributed by atoms with van der Waals surface area (Å²) in [4.78, 5) is 12.4. The van der Waals surface area contributed by atoms with Crippen molar-refractivity contribution in [1.82, 2.24) is 5.32 Å². The fraction of sp³-hybridized carbons (Fsp3) is 0.111. The summed E-state index contributed by atoms with van der Waals surface area (Å²) in [6, 6.07) is 4.17. The number of hydrogen-bond donors (Lipinski definition) is 3. The summed E-state index contributed by atoms with van der Waals surface area (Å²) in [5.41, 5.74) is 5.51. The second kappa shape index (κ2) is 6.54. The Morgan fingerprint density at radius 2 is 1.88 bits per heavy atom. The molecule has 0 unspecified atom stereocenters. The van der Waals surface area contributed by atoms with E-state index in [9.17, 15) is 4.79 Å². The summed E-state index contributed by atoms with van der Waals surface area (Å²) in [6.45, 7) is 0. The van der Waals surface area contributed by atoms with Crippen molar-refractivity contribution >= 4 is 53.3 Å². The SMILES string of the molecule is CNC(=O)N(C(=N)N)c1c(Cl)cccc1Cl.Cl. The Kier molecular flexibility index (Phi) is 6.09. The monoisotopic (exact) mass is 296 g/mol. The van der Waals surface area contributed by atoms with Crippen LogP contribution in [-0.4, -0.2) is 19.0 Å². The second-order valence-electron chi connectivity index (χ2n) is 2.85. The van der Waals surface area contributed by atoms with Crippen molar-refractivity contribution < 1.29 is 4.79 Å². The molecule has 0 aliphatic rings. The maximum Gasteiger partial charge on any atom is 0.328 e. The molecule has 1 aromatic rings. The molecular weight excluding hydrogens is 286 g/mol. The van der Waals surface area contributed by atoms with Gasteiger partial charge in [-0.3, -0.25) is 5.41 Å². The lowest BCUT2D eigenvalue weighted by atomic mass is 10.3. The minimum Gasteiger partial charge on any atom is -0.369 e. The zero-order chi connectivity index (χ0) is 12.3. The molecule has 0 saturated carbocycles. The van der Waals surface area contributed by atoms with Crippen LogP contribution in [0.5, 0.6) is 0 Å². The zero-order valence-electron chi connectivity index (χ0n) is 8.83. The van der Waals surface area contributed by atoms with E-state index in [1.54, 1.807) is 18.2 Å². The Balaban J connectivity index is 0.00000256. The van der Waals surface area contributed by atoms with Crippen LogP contribution >= 0.6 is 35.6 Å². The van der Waals surface area contributed by atoms with Gasteiger partial charge in [-0.15, -0.1) is 12.4 Å². The molecule has 1 rings (SSSR count). The minimum atomic E-state index is -0.581. The van der Waals surface area contributed by atoms with Crippen molar-refractivity contribution in [3.8, 4) is 0 Å². The number of nitrogens with two attached hydrogens (primary N) is 1. The van der Waals surface area contributed by atoms with Gasteiger partial charge in [0.2, 0.25) is 5.96 Å². The summed E-state index contributed by atoms with van der Waals surface area (Å²) >= 11 is 11.8. The van der Waals surface area contributed by atoms with E-state index in [0.717, 1.165) is 4.90 Å². The number of carbonyl (C=O) groups is 1. The average molecular weight is 298 g/mol. The molecule has 0 atom stereocenters. The van der Waals surface area contributed by atoms with Crippen molar-refractivity contribution in [2.24, 2.45) is 5.73 Å². The molecule has 1 aromatic carbocycles. The smallest absolute Gasteiger partial charge is 0.328 e. The lowest BCUT2D eigenvalue weighted by Gasteiger charge is -2.22. The number of anilines is 1. The Hall–Kier alpha value is -1.17. The van der Waals surface area contributed by atoms with Gasteiger partial charge in [-0.25, -0.2) is 9.69 Å². The van der Waals surface area contributed by atoms with E-state index in [1.807, 2.05) is 0 Å². The topological polar surface area (TPSA) is 82.2 Å². The third kappa shape index (κ3) is 3.39. The van der Waals surface area contributed by atoms with E-state index in [4.69, 9.17) is 34.3 Å². The zero-order valence-corrected chi connectivity index (χ0v) is 11.2. The summed E-state index contributed by atoms with van der Waals surface area (Å²) in [7, 11) is 1.42. The molecule has 2 amide bonds. The van der Waals surface area contributed by atoms with Crippen LogP contribution in [0.15, 0.2) is 18.2 Å². The highest BCUT2D eigenvalue weighted by molar-refractivity contribution is 6.41. The van der Waals surface area contributed by atoms with Crippen molar-refractivity contribution in [2.75, 3.05) is 11.9 Å². The number of urea groups is 1. The molecule has 5 nitrogen and oxygen atoms in total. The molecule has 17 heavy (non-hydrogen) atoms. The number of guanidine groups is 1. The maximum atomic E-state index is 11.5. The highest BCUT2D eigenvalue weighted by atomic mass is 35.5. The van der Waals surface area contributed by atoms with Crippen molar-refractivity contribution in [3.63, 3.8) is 0 Å². The summed E-state index contributed by atoms with van der Waals surface area (Å²) in [5.74, 6) is -0.464. The van der Waals surface area contributed by atoms with Crippen molar-refractivity contribution in [2.45, 2.75) is 0 Å². The lowest BCUT2D eigenvalue weighted by Crippen LogP contribution is -2.46. The molecule has 4 N–H and O–H groups in total. The number of nitrogens with one attached hydrogen (secondary N) is 2. The third-order valence-electron chi connectivity index (χ3n) is 1.82. The summed E-state index contributed by atoms with van der Waals surface area (Å²) in [6.07, 6.45) is 0. The van der Waals surface area contributed by atoms with Crippen LogP contribution in [0.2, 0.25) is 10.0 Å². The third-order valence-corrected chi connectivity index (χ3v) is 2.43. The van der Waals surface area contributed by atoms with Gasteiger partial charge < -0.3 is 11.1 Å². The van der Waals surface area contributed by atoms with Crippen LogP contribution in [0, 0.1) is 5.41 Å². The van der Waals surface area contributed by atoms with Gasteiger partial charge in [0.25, 0.3) is 0 Å². The van der Waals surface area contributed by atoms with E-state index in [1.165, 1.54) is 7.05 Å². The number of nitrogens with zero attached hydrogens (tertiary/aromatic N) is 1. The Labute approximate surface area is 115 Å². The van der Waals surface area contributed by atoms with E-state index >= 15 is 0 Å². The number of amides is 2. The standard InChI is InChI=1S/C9H10Cl2N4O.ClH/c1-14-9(16)15(8(12)13)7-5(10)3-2-4-6(7)11;/h2-4H,1H3,(H3,12,13)(H,14,16);1H. The predicted molar refractivity (Wildman–Crippen MR) is 72.6 cm³/mol. The number of benzene rings is 1. The number of carbonyl (C=O) groups excluding carboxylic acids is 1. The number of halogens is 3. The average Bonchev–Trinajstić information content (AvgIpc) is 2.22. The molecular formula is C9H11Cl3N4O. The van der Waals surface area contributed by atoms with Crippen LogP contribution in [0.25, 0.3) is 0 Å². The van der Waals surface area contributed by atoms with Gasteiger partial charge in [-0.2, -0.15) is 0 Å². The van der Waals surface area contributed by atoms with Crippen LogP contribution in [0.4, 0.5) is 10.5 Å². The fourth-order valence-corrected chi connectivity index (χ4v) is 1.71. The first kappa shape index (κ1) is 15.8. The van der Waals surface area contributed by atoms with E-state index in [-0.39, 0.29) is 28.1 Å². The molecule has 0 aliphatic carbocycles. The van der Waals surface area contributed by atoms with Gasteiger partial charge in [0.15, 0.2) is 0 Å². The Morgan fingerprint density at radius 3 is 2.24 bits per heavy atom.